The number of aryl methyl sites for hydroxylation is 1. The highest BCUT2D eigenvalue weighted by Crippen LogP contribution is 2.39. The number of amides is 2. The van der Waals surface area contributed by atoms with E-state index < -0.39 is 6.03 Å². The SMILES string of the molecule is CSc1n[nH]c(NC(=O)Nc2c(-c3c(Cl)cccc3Cl)noc2C)n1. The normalized spacial score (nSPS) is 10.7. The van der Waals surface area contributed by atoms with Gasteiger partial charge in [-0.15, -0.1) is 5.10 Å². The molecule has 3 aromatic rings. The van der Waals surface area contributed by atoms with Crippen LogP contribution in [0, 0.1) is 6.92 Å². The minimum absolute atomic E-state index is 0.216. The number of aromatic nitrogens is 4. The number of anilines is 2. The molecule has 2 heterocycles. The third-order valence-corrected chi connectivity index (χ3v) is 4.36. The predicted molar refractivity (Wildman–Crippen MR) is 97.5 cm³/mol. The van der Waals surface area contributed by atoms with Crippen LogP contribution in [-0.2, 0) is 0 Å². The van der Waals surface area contributed by atoms with Gasteiger partial charge in [0.2, 0.25) is 11.1 Å². The largest absolute Gasteiger partial charge is 0.359 e. The number of carbonyl (C=O) groups is 1. The van der Waals surface area contributed by atoms with Crippen molar-refractivity contribution in [1.29, 1.82) is 0 Å². The van der Waals surface area contributed by atoms with Crippen LogP contribution in [0.2, 0.25) is 10.0 Å². The molecule has 8 nitrogen and oxygen atoms in total. The van der Waals surface area contributed by atoms with Gasteiger partial charge in [0, 0.05) is 5.56 Å². The topological polar surface area (TPSA) is 109 Å². The summed E-state index contributed by atoms with van der Waals surface area (Å²) in [5.74, 6) is 0.622. The lowest BCUT2D eigenvalue weighted by molar-refractivity contribution is 0.262. The molecule has 0 atom stereocenters. The van der Waals surface area contributed by atoms with E-state index in [1.165, 1.54) is 11.8 Å². The summed E-state index contributed by atoms with van der Waals surface area (Å²) in [4.78, 5) is 16.3. The molecule has 0 radical (unpaired) electrons. The van der Waals surface area contributed by atoms with Crippen LogP contribution in [-0.4, -0.2) is 32.6 Å². The molecule has 0 fully saturated rings. The van der Waals surface area contributed by atoms with Crippen molar-refractivity contribution in [2.24, 2.45) is 0 Å². The van der Waals surface area contributed by atoms with E-state index in [1.54, 1.807) is 25.1 Å². The summed E-state index contributed by atoms with van der Waals surface area (Å²) in [7, 11) is 0. The zero-order chi connectivity index (χ0) is 18.0. The Labute approximate surface area is 156 Å². The van der Waals surface area contributed by atoms with E-state index >= 15 is 0 Å². The van der Waals surface area contributed by atoms with Gasteiger partial charge in [0.25, 0.3) is 0 Å². The summed E-state index contributed by atoms with van der Waals surface area (Å²) in [6, 6.07) is 4.53. The van der Waals surface area contributed by atoms with Gasteiger partial charge in [-0.3, -0.25) is 5.32 Å². The Morgan fingerprint density at radius 3 is 2.64 bits per heavy atom. The smallest absolute Gasteiger partial charge is 0.326 e. The van der Waals surface area contributed by atoms with Gasteiger partial charge in [-0.2, -0.15) is 4.98 Å². The highest BCUT2D eigenvalue weighted by Gasteiger charge is 2.21. The summed E-state index contributed by atoms with van der Waals surface area (Å²) in [6.07, 6.45) is 1.83. The van der Waals surface area contributed by atoms with Crippen molar-refractivity contribution < 1.29 is 9.32 Å². The second-order valence-corrected chi connectivity index (χ2v) is 6.40. The van der Waals surface area contributed by atoms with Gasteiger partial charge in [0.1, 0.15) is 11.4 Å². The molecule has 130 valence electrons. The third-order valence-electron chi connectivity index (χ3n) is 3.18. The second kappa shape index (κ2) is 7.34. The van der Waals surface area contributed by atoms with Crippen molar-refractivity contribution in [1.82, 2.24) is 20.3 Å². The van der Waals surface area contributed by atoms with E-state index in [0.29, 0.717) is 37.9 Å². The number of nitrogens with one attached hydrogen (secondary N) is 3. The van der Waals surface area contributed by atoms with Crippen LogP contribution in [0.5, 0.6) is 0 Å². The standard InChI is InChI=1S/C14H12Cl2N6O2S/c1-6-10(17-13(23)18-12-19-14(25-2)21-20-12)11(22-24-6)9-7(15)4-3-5-8(9)16/h3-5H,1-2H3,(H3,17,18,19,20,21,23). The van der Waals surface area contributed by atoms with Crippen LogP contribution >= 0.6 is 35.0 Å². The molecule has 11 heteroatoms. The molecule has 0 aliphatic heterocycles. The van der Waals surface area contributed by atoms with Gasteiger partial charge in [0.15, 0.2) is 5.76 Å². The molecule has 0 aliphatic carbocycles. The van der Waals surface area contributed by atoms with Crippen molar-refractivity contribution in [2.75, 3.05) is 16.9 Å². The van der Waals surface area contributed by atoms with E-state index in [0.717, 1.165) is 0 Å². The Bertz CT molecular complexity index is 906. The molecule has 0 unspecified atom stereocenters. The molecule has 0 saturated heterocycles. The number of benzene rings is 1. The lowest BCUT2D eigenvalue weighted by Crippen LogP contribution is -2.20. The zero-order valence-electron chi connectivity index (χ0n) is 13.1. The molecule has 0 aliphatic rings. The minimum atomic E-state index is -0.542. The maximum atomic E-state index is 12.2. The lowest BCUT2D eigenvalue weighted by atomic mass is 10.1. The first-order valence-corrected chi connectivity index (χ1v) is 8.92. The quantitative estimate of drug-likeness (QED) is 0.560. The Kier molecular flexibility index (Phi) is 5.16. The van der Waals surface area contributed by atoms with Crippen LogP contribution in [0.25, 0.3) is 11.3 Å². The Morgan fingerprint density at radius 1 is 1.28 bits per heavy atom. The van der Waals surface area contributed by atoms with Gasteiger partial charge in [-0.05, 0) is 25.3 Å². The number of hydrogen-bond acceptors (Lipinski definition) is 6. The van der Waals surface area contributed by atoms with E-state index in [9.17, 15) is 4.79 Å². The van der Waals surface area contributed by atoms with Gasteiger partial charge in [-0.25, -0.2) is 9.89 Å². The zero-order valence-corrected chi connectivity index (χ0v) is 15.4. The number of nitrogens with zero attached hydrogens (tertiary/aromatic N) is 3. The summed E-state index contributed by atoms with van der Waals surface area (Å²) < 4.78 is 5.18. The van der Waals surface area contributed by atoms with Crippen LogP contribution in [0.3, 0.4) is 0 Å². The molecule has 3 N–H and O–H groups in total. The van der Waals surface area contributed by atoms with Crippen LogP contribution in [0.4, 0.5) is 16.4 Å². The number of rotatable bonds is 4. The Balaban J connectivity index is 1.86. The average molecular weight is 399 g/mol. The molecular formula is C14H12Cl2N6O2S. The van der Waals surface area contributed by atoms with E-state index in [1.807, 2.05) is 6.26 Å². The first-order valence-electron chi connectivity index (χ1n) is 6.94. The lowest BCUT2D eigenvalue weighted by Gasteiger charge is -2.08. The Morgan fingerprint density at radius 2 is 2.00 bits per heavy atom. The van der Waals surface area contributed by atoms with E-state index in [4.69, 9.17) is 27.7 Å². The number of hydrogen-bond donors (Lipinski definition) is 3. The van der Waals surface area contributed by atoms with Crippen molar-refractivity contribution in [3.05, 3.63) is 34.0 Å². The highest BCUT2D eigenvalue weighted by atomic mass is 35.5. The molecule has 0 saturated carbocycles. The molecule has 2 amide bonds. The molecular weight excluding hydrogens is 387 g/mol. The maximum absolute atomic E-state index is 12.2. The summed E-state index contributed by atoms with van der Waals surface area (Å²) in [6.45, 7) is 1.66. The van der Waals surface area contributed by atoms with Crippen molar-refractivity contribution >= 4 is 52.6 Å². The maximum Gasteiger partial charge on any atom is 0.326 e. The minimum Gasteiger partial charge on any atom is -0.359 e. The van der Waals surface area contributed by atoms with Crippen LogP contribution in [0.15, 0.2) is 27.9 Å². The van der Waals surface area contributed by atoms with Gasteiger partial charge in [0.05, 0.1) is 10.0 Å². The summed E-state index contributed by atoms with van der Waals surface area (Å²) >= 11 is 13.8. The fraction of sp³-hybridized carbons (Fsp3) is 0.143. The van der Waals surface area contributed by atoms with Gasteiger partial charge < -0.3 is 9.84 Å². The number of urea groups is 1. The number of thioether (sulfide) groups is 1. The van der Waals surface area contributed by atoms with E-state index in [2.05, 4.69) is 31.0 Å². The number of carbonyl (C=O) groups excluding carboxylic acids is 1. The summed E-state index contributed by atoms with van der Waals surface area (Å²) in [5, 5.41) is 17.0. The highest BCUT2D eigenvalue weighted by molar-refractivity contribution is 7.98. The number of halogens is 2. The molecule has 25 heavy (non-hydrogen) atoms. The Hall–Kier alpha value is -2.23. The average Bonchev–Trinajstić information content (AvgIpc) is 3.16. The first-order chi connectivity index (χ1) is 12.0. The van der Waals surface area contributed by atoms with Gasteiger partial charge in [-0.1, -0.05) is 46.2 Å². The first kappa shape index (κ1) is 17.6. The molecule has 2 aromatic heterocycles. The third kappa shape index (κ3) is 3.73. The van der Waals surface area contributed by atoms with E-state index in [-0.39, 0.29) is 5.95 Å². The molecule has 0 spiro atoms. The van der Waals surface area contributed by atoms with Crippen molar-refractivity contribution in [3.63, 3.8) is 0 Å². The van der Waals surface area contributed by atoms with Gasteiger partial charge >= 0.3 is 6.03 Å². The molecule has 0 bridgehead atoms. The second-order valence-electron chi connectivity index (χ2n) is 4.81. The van der Waals surface area contributed by atoms with Crippen molar-refractivity contribution in [2.45, 2.75) is 12.1 Å². The predicted octanol–water partition coefficient (Wildman–Crippen LogP) is 4.44. The fourth-order valence-electron chi connectivity index (χ4n) is 2.06. The van der Waals surface area contributed by atoms with Crippen molar-refractivity contribution in [3.8, 4) is 11.3 Å². The fourth-order valence-corrected chi connectivity index (χ4v) is 2.96. The van der Waals surface area contributed by atoms with Crippen LogP contribution < -0.4 is 10.6 Å². The summed E-state index contributed by atoms with van der Waals surface area (Å²) in [5.41, 5.74) is 1.17. The number of H-pyrrole nitrogens is 1. The number of aromatic amines is 1. The molecule has 3 rings (SSSR count). The monoisotopic (exact) mass is 398 g/mol. The van der Waals surface area contributed by atoms with Crippen LogP contribution in [0.1, 0.15) is 5.76 Å². The molecule has 1 aromatic carbocycles.